The summed E-state index contributed by atoms with van der Waals surface area (Å²) >= 11 is 0. The van der Waals surface area contributed by atoms with E-state index in [1.807, 2.05) is 36.4 Å². The van der Waals surface area contributed by atoms with Gasteiger partial charge in [0.2, 0.25) is 11.7 Å². The molecule has 1 amide bonds. The molecular weight excluding hydrogens is 482 g/mol. The molecule has 4 rings (SSSR count). The van der Waals surface area contributed by atoms with E-state index < -0.39 is 0 Å². The molecule has 0 radical (unpaired) electrons. The van der Waals surface area contributed by atoms with Gasteiger partial charge >= 0.3 is 0 Å². The van der Waals surface area contributed by atoms with Crippen molar-refractivity contribution in [2.24, 2.45) is 0 Å². The van der Waals surface area contributed by atoms with Gasteiger partial charge in [-0.15, -0.1) is 0 Å². The zero-order chi connectivity index (χ0) is 26.9. The van der Waals surface area contributed by atoms with Gasteiger partial charge in [-0.2, -0.15) is 4.98 Å². The molecule has 0 saturated heterocycles. The number of benzene rings is 3. The predicted octanol–water partition coefficient (Wildman–Crippen LogP) is 5.13. The fourth-order valence-electron chi connectivity index (χ4n) is 4.02. The maximum Gasteiger partial charge on any atom is 0.253 e. The van der Waals surface area contributed by atoms with Crippen LogP contribution in [0.4, 0.5) is 23.1 Å². The topological polar surface area (TPSA) is 107 Å². The number of amides is 1. The molecule has 1 heterocycles. The van der Waals surface area contributed by atoms with Gasteiger partial charge in [0.15, 0.2) is 11.5 Å². The standard InChI is InChI=1S/C29H31N5O4/c1-30-28(35)22-12-8-9-13-23(22)33-27-20(15-14-19-10-6-5-7-11-19)18-31-29(34-27)32-21-16-24(36-2)26(38-4)25(17-21)37-3/h5-13,16-18H,14-15H2,1-4H3,(H,30,35)(H2,31,32,33,34). The molecular formula is C29H31N5O4. The molecule has 0 fully saturated rings. The minimum absolute atomic E-state index is 0.191. The minimum atomic E-state index is -0.191. The Labute approximate surface area is 222 Å². The third kappa shape index (κ3) is 6.12. The number of para-hydroxylation sites is 1. The highest BCUT2D eigenvalue weighted by Crippen LogP contribution is 2.40. The van der Waals surface area contributed by atoms with Gasteiger partial charge in [-0.05, 0) is 30.5 Å². The predicted molar refractivity (Wildman–Crippen MR) is 148 cm³/mol. The average molecular weight is 514 g/mol. The normalized spacial score (nSPS) is 10.4. The second-order valence-corrected chi connectivity index (χ2v) is 8.34. The summed E-state index contributed by atoms with van der Waals surface area (Å²) < 4.78 is 16.3. The van der Waals surface area contributed by atoms with Gasteiger partial charge in [0.1, 0.15) is 5.82 Å². The third-order valence-corrected chi connectivity index (χ3v) is 5.96. The van der Waals surface area contributed by atoms with E-state index >= 15 is 0 Å². The van der Waals surface area contributed by atoms with Gasteiger partial charge in [-0.25, -0.2) is 4.98 Å². The molecule has 4 aromatic rings. The van der Waals surface area contributed by atoms with Crippen LogP contribution in [0.2, 0.25) is 0 Å². The van der Waals surface area contributed by atoms with Crippen molar-refractivity contribution in [2.75, 3.05) is 39.0 Å². The molecule has 0 atom stereocenters. The van der Waals surface area contributed by atoms with Crippen LogP contribution in [0.3, 0.4) is 0 Å². The van der Waals surface area contributed by atoms with Gasteiger partial charge < -0.3 is 30.2 Å². The lowest BCUT2D eigenvalue weighted by atomic mass is 10.1. The first kappa shape index (κ1) is 26.3. The average Bonchev–Trinajstić information content (AvgIpc) is 2.96. The molecule has 3 N–H and O–H groups in total. The van der Waals surface area contributed by atoms with Crippen molar-refractivity contribution in [3.8, 4) is 17.2 Å². The molecule has 0 bridgehead atoms. The Morgan fingerprint density at radius 3 is 2.18 bits per heavy atom. The van der Waals surface area contributed by atoms with Gasteiger partial charge in [0.05, 0.1) is 32.6 Å². The van der Waals surface area contributed by atoms with Gasteiger partial charge in [0, 0.05) is 36.6 Å². The van der Waals surface area contributed by atoms with Crippen molar-refractivity contribution in [1.29, 1.82) is 0 Å². The lowest BCUT2D eigenvalue weighted by Gasteiger charge is -2.17. The molecule has 196 valence electrons. The molecule has 0 aliphatic heterocycles. The van der Waals surface area contributed by atoms with E-state index in [9.17, 15) is 4.79 Å². The van der Waals surface area contributed by atoms with E-state index in [0.29, 0.717) is 52.4 Å². The SMILES string of the molecule is CNC(=O)c1ccccc1Nc1nc(Nc2cc(OC)c(OC)c(OC)c2)ncc1CCc1ccccc1. The molecule has 9 nitrogen and oxygen atoms in total. The first-order valence-electron chi connectivity index (χ1n) is 12.1. The number of aromatic nitrogens is 2. The van der Waals surface area contributed by atoms with Crippen molar-refractivity contribution in [3.05, 3.63) is 89.6 Å². The Kier molecular flexibility index (Phi) is 8.61. The van der Waals surface area contributed by atoms with E-state index in [0.717, 1.165) is 12.0 Å². The van der Waals surface area contributed by atoms with Gasteiger partial charge in [-0.1, -0.05) is 42.5 Å². The first-order valence-corrected chi connectivity index (χ1v) is 12.1. The second kappa shape index (κ2) is 12.4. The summed E-state index contributed by atoms with van der Waals surface area (Å²) in [5.74, 6) is 2.28. The fourth-order valence-corrected chi connectivity index (χ4v) is 4.02. The number of hydrogen-bond donors (Lipinski definition) is 3. The van der Waals surface area contributed by atoms with Crippen LogP contribution in [-0.4, -0.2) is 44.3 Å². The van der Waals surface area contributed by atoms with E-state index in [4.69, 9.17) is 19.2 Å². The van der Waals surface area contributed by atoms with Gasteiger partial charge in [-0.3, -0.25) is 4.79 Å². The summed E-state index contributed by atoms with van der Waals surface area (Å²) in [5.41, 5.74) is 3.94. The minimum Gasteiger partial charge on any atom is -0.493 e. The van der Waals surface area contributed by atoms with E-state index in [-0.39, 0.29) is 5.91 Å². The van der Waals surface area contributed by atoms with Crippen molar-refractivity contribution in [2.45, 2.75) is 12.8 Å². The largest absolute Gasteiger partial charge is 0.493 e. The fraction of sp³-hybridized carbons (Fsp3) is 0.207. The Hall–Kier alpha value is -4.79. The van der Waals surface area contributed by atoms with Crippen molar-refractivity contribution in [1.82, 2.24) is 15.3 Å². The van der Waals surface area contributed by atoms with Crippen LogP contribution >= 0.6 is 0 Å². The Morgan fingerprint density at radius 2 is 1.53 bits per heavy atom. The van der Waals surface area contributed by atoms with Crippen LogP contribution in [0.5, 0.6) is 17.2 Å². The molecule has 1 aromatic heterocycles. The van der Waals surface area contributed by atoms with Crippen LogP contribution in [0.25, 0.3) is 0 Å². The van der Waals surface area contributed by atoms with Crippen LogP contribution in [0.1, 0.15) is 21.5 Å². The summed E-state index contributed by atoms with van der Waals surface area (Å²) in [5, 5.41) is 9.27. The van der Waals surface area contributed by atoms with Crippen molar-refractivity contribution in [3.63, 3.8) is 0 Å². The molecule has 3 aromatic carbocycles. The smallest absolute Gasteiger partial charge is 0.253 e. The Balaban J connectivity index is 1.69. The van der Waals surface area contributed by atoms with Crippen molar-refractivity contribution >= 4 is 29.0 Å². The van der Waals surface area contributed by atoms with Crippen LogP contribution in [0.15, 0.2) is 72.9 Å². The number of hydrogen-bond acceptors (Lipinski definition) is 8. The molecule has 0 aliphatic rings. The van der Waals surface area contributed by atoms with E-state index in [2.05, 4.69) is 33.1 Å². The van der Waals surface area contributed by atoms with Crippen LogP contribution < -0.4 is 30.2 Å². The summed E-state index contributed by atoms with van der Waals surface area (Å²) in [6.45, 7) is 0. The number of methoxy groups -OCH3 is 3. The third-order valence-electron chi connectivity index (χ3n) is 5.96. The van der Waals surface area contributed by atoms with Crippen molar-refractivity contribution < 1.29 is 19.0 Å². The maximum absolute atomic E-state index is 12.5. The molecule has 38 heavy (non-hydrogen) atoms. The number of carbonyl (C=O) groups is 1. The molecule has 0 unspecified atom stereocenters. The quantitative estimate of drug-likeness (QED) is 0.253. The summed E-state index contributed by atoms with van der Waals surface area (Å²) in [7, 11) is 6.28. The lowest BCUT2D eigenvalue weighted by molar-refractivity contribution is 0.0964. The summed E-state index contributed by atoms with van der Waals surface area (Å²) in [6.07, 6.45) is 3.32. The van der Waals surface area contributed by atoms with Gasteiger partial charge in [0.25, 0.3) is 5.91 Å². The van der Waals surface area contributed by atoms with Crippen LogP contribution in [-0.2, 0) is 12.8 Å². The number of anilines is 4. The molecule has 0 saturated carbocycles. The maximum atomic E-state index is 12.5. The number of nitrogens with one attached hydrogen (secondary N) is 3. The zero-order valence-corrected chi connectivity index (χ0v) is 21.9. The number of carbonyl (C=O) groups excluding carboxylic acids is 1. The highest BCUT2D eigenvalue weighted by atomic mass is 16.5. The molecule has 0 aliphatic carbocycles. The second-order valence-electron chi connectivity index (χ2n) is 8.34. The van der Waals surface area contributed by atoms with E-state index in [1.54, 1.807) is 52.8 Å². The summed E-state index contributed by atoms with van der Waals surface area (Å²) in [4.78, 5) is 21.8. The highest BCUT2D eigenvalue weighted by Gasteiger charge is 2.16. The number of ether oxygens (including phenoxy) is 3. The number of aryl methyl sites for hydroxylation is 2. The number of nitrogens with zero attached hydrogens (tertiary/aromatic N) is 2. The zero-order valence-electron chi connectivity index (χ0n) is 21.9. The van der Waals surface area contributed by atoms with E-state index in [1.165, 1.54) is 5.56 Å². The molecule has 9 heteroatoms. The number of rotatable bonds is 11. The van der Waals surface area contributed by atoms with Crippen LogP contribution in [0, 0.1) is 0 Å². The Bertz CT molecular complexity index is 1370. The molecule has 0 spiro atoms. The summed E-state index contributed by atoms with van der Waals surface area (Å²) in [6, 6.07) is 21.1. The Morgan fingerprint density at radius 1 is 0.842 bits per heavy atom. The highest BCUT2D eigenvalue weighted by molar-refractivity contribution is 6.00. The monoisotopic (exact) mass is 513 g/mol. The lowest BCUT2D eigenvalue weighted by Crippen LogP contribution is -2.19. The first-order chi connectivity index (χ1) is 18.6.